The van der Waals surface area contributed by atoms with Gasteiger partial charge < -0.3 is 20.7 Å². The first-order valence-corrected chi connectivity index (χ1v) is 11.5. The highest BCUT2D eigenvalue weighted by atomic mass is 19.1. The molecule has 1 aromatic carbocycles. The van der Waals surface area contributed by atoms with Crippen molar-refractivity contribution in [3.63, 3.8) is 0 Å². The third kappa shape index (κ3) is 4.62. The van der Waals surface area contributed by atoms with Gasteiger partial charge in [-0.25, -0.2) is 23.8 Å². The molecule has 3 aromatic rings. The summed E-state index contributed by atoms with van der Waals surface area (Å²) in [5.74, 6) is -0.849. The first kappa shape index (κ1) is 24.4. The quantitative estimate of drug-likeness (QED) is 0.583. The van der Waals surface area contributed by atoms with E-state index in [2.05, 4.69) is 15.3 Å². The molecule has 3 heterocycles. The molecule has 3 N–H and O–H groups in total. The molecular weight excluding hydrogens is 453 g/mol. The van der Waals surface area contributed by atoms with Gasteiger partial charge in [-0.05, 0) is 58.7 Å². The monoisotopic (exact) mass is 483 g/mol. The fourth-order valence-electron chi connectivity index (χ4n) is 4.44. The highest BCUT2D eigenvalue weighted by Crippen LogP contribution is 2.37. The molecule has 1 saturated heterocycles. The van der Waals surface area contributed by atoms with Crippen LogP contribution in [-0.2, 0) is 4.74 Å². The van der Waals surface area contributed by atoms with Crippen molar-refractivity contribution in [1.82, 2.24) is 30.0 Å². The smallest absolute Gasteiger partial charge is 0.410 e. The number of carbonyl (C=O) groups excluding carboxylic acids is 2. The number of nitrogens with one attached hydrogen (secondary N) is 1. The molecule has 0 bridgehead atoms. The zero-order valence-corrected chi connectivity index (χ0v) is 20.5. The molecule has 1 aliphatic heterocycles. The van der Waals surface area contributed by atoms with E-state index in [0.717, 1.165) is 18.9 Å². The molecule has 2 aromatic heterocycles. The Labute approximate surface area is 202 Å². The SMILES string of the molecule is CNC(=O)c1ccc(-c2nn(C3CCCN(C(=O)OC(C)(C)C)[C@@H]3C)c3ncnc(N)c23)c(F)c1. The zero-order chi connectivity index (χ0) is 25.5. The van der Waals surface area contributed by atoms with Crippen molar-refractivity contribution in [2.75, 3.05) is 19.3 Å². The lowest BCUT2D eigenvalue weighted by Gasteiger charge is -2.39. The summed E-state index contributed by atoms with van der Waals surface area (Å²) in [4.78, 5) is 34.9. The lowest BCUT2D eigenvalue weighted by molar-refractivity contribution is 0.00371. The Bertz CT molecular complexity index is 1280. The highest BCUT2D eigenvalue weighted by molar-refractivity contribution is 5.99. The molecule has 1 unspecified atom stereocenters. The number of fused-ring (bicyclic) bond motifs is 1. The Hall–Kier alpha value is -3.76. The molecule has 2 atom stereocenters. The fraction of sp³-hybridized carbons (Fsp3) is 0.458. The van der Waals surface area contributed by atoms with Gasteiger partial charge in [0.05, 0.1) is 17.5 Å². The summed E-state index contributed by atoms with van der Waals surface area (Å²) in [6, 6.07) is 3.68. The van der Waals surface area contributed by atoms with Crippen molar-refractivity contribution < 1.29 is 18.7 Å². The number of nitrogen functional groups attached to an aromatic ring is 1. The van der Waals surface area contributed by atoms with E-state index >= 15 is 4.39 Å². The average molecular weight is 484 g/mol. The number of aromatic nitrogens is 4. The maximum atomic E-state index is 15.2. The summed E-state index contributed by atoms with van der Waals surface area (Å²) in [6.45, 7) is 7.98. The minimum atomic E-state index is -0.618. The number of hydrogen-bond acceptors (Lipinski definition) is 7. The second kappa shape index (κ2) is 9.12. The van der Waals surface area contributed by atoms with Gasteiger partial charge in [0.1, 0.15) is 29.3 Å². The molecule has 10 nitrogen and oxygen atoms in total. The first-order valence-electron chi connectivity index (χ1n) is 11.5. The van der Waals surface area contributed by atoms with Crippen molar-refractivity contribution in [3.8, 4) is 11.3 Å². The van der Waals surface area contributed by atoms with E-state index in [0.29, 0.717) is 17.6 Å². The largest absolute Gasteiger partial charge is 0.444 e. The molecule has 35 heavy (non-hydrogen) atoms. The molecule has 11 heteroatoms. The van der Waals surface area contributed by atoms with Crippen LogP contribution in [0.1, 0.15) is 56.9 Å². The Kier molecular flexibility index (Phi) is 6.35. The van der Waals surface area contributed by atoms with E-state index in [1.54, 1.807) is 9.58 Å². The van der Waals surface area contributed by atoms with Crippen LogP contribution in [0.2, 0.25) is 0 Å². The number of amides is 2. The third-order valence-electron chi connectivity index (χ3n) is 6.12. The summed E-state index contributed by atoms with van der Waals surface area (Å²) in [5, 5.41) is 7.63. The van der Waals surface area contributed by atoms with E-state index in [9.17, 15) is 9.59 Å². The van der Waals surface area contributed by atoms with Crippen LogP contribution in [0.3, 0.4) is 0 Å². The maximum Gasteiger partial charge on any atom is 0.410 e. The molecule has 1 fully saturated rings. The van der Waals surface area contributed by atoms with Crippen molar-refractivity contribution in [2.45, 2.75) is 58.2 Å². The Morgan fingerprint density at radius 3 is 2.66 bits per heavy atom. The summed E-state index contributed by atoms with van der Waals surface area (Å²) in [5.41, 5.74) is 6.67. The maximum absolute atomic E-state index is 15.2. The molecular formula is C24H30FN7O3. The van der Waals surface area contributed by atoms with E-state index < -0.39 is 23.4 Å². The number of likely N-dealkylation sites (tertiary alicyclic amines) is 1. The highest BCUT2D eigenvalue weighted by Gasteiger charge is 2.37. The van der Waals surface area contributed by atoms with Gasteiger partial charge in [0, 0.05) is 24.7 Å². The van der Waals surface area contributed by atoms with Crippen LogP contribution in [0.25, 0.3) is 22.3 Å². The van der Waals surface area contributed by atoms with Crippen LogP contribution >= 0.6 is 0 Å². The van der Waals surface area contributed by atoms with E-state index in [4.69, 9.17) is 15.6 Å². The van der Waals surface area contributed by atoms with Crippen molar-refractivity contribution in [2.24, 2.45) is 0 Å². The topological polar surface area (TPSA) is 128 Å². The Balaban J connectivity index is 1.79. The second-order valence-electron chi connectivity index (χ2n) is 9.65. The number of carbonyl (C=O) groups is 2. The van der Waals surface area contributed by atoms with Crippen molar-refractivity contribution >= 4 is 28.9 Å². The number of piperidine rings is 1. The predicted molar refractivity (Wildman–Crippen MR) is 129 cm³/mol. The van der Waals surface area contributed by atoms with Crippen LogP contribution in [-0.4, -0.2) is 61.9 Å². The van der Waals surface area contributed by atoms with E-state index in [1.807, 2.05) is 27.7 Å². The Morgan fingerprint density at radius 2 is 2.00 bits per heavy atom. The first-order chi connectivity index (χ1) is 16.5. The van der Waals surface area contributed by atoms with Gasteiger partial charge in [0.2, 0.25) is 0 Å². The molecule has 4 rings (SSSR count). The molecule has 2 amide bonds. The van der Waals surface area contributed by atoms with Crippen molar-refractivity contribution in [3.05, 3.63) is 35.9 Å². The number of ether oxygens (including phenoxy) is 1. The van der Waals surface area contributed by atoms with Gasteiger partial charge in [0.15, 0.2) is 5.65 Å². The van der Waals surface area contributed by atoms with Crippen LogP contribution in [0.15, 0.2) is 24.5 Å². The molecule has 0 radical (unpaired) electrons. The molecule has 186 valence electrons. The normalized spacial score (nSPS) is 18.5. The van der Waals surface area contributed by atoms with Gasteiger partial charge in [-0.3, -0.25) is 4.79 Å². The zero-order valence-electron chi connectivity index (χ0n) is 20.5. The fourth-order valence-corrected chi connectivity index (χ4v) is 4.44. The van der Waals surface area contributed by atoms with E-state index in [-0.39, 0.29) is 34.7 Å². The molecule has 0 saturated carbocycles. The third-order valence-corrected chi connectivity index (χ3v) is 6.12. The number of hydrogen-bond donors (Lipinski definition) is 2. The minimum Gasteiger partial charge on any atom is -0.444 e. The number of nitrogens with zero attached hydrogens (tertiary/aromatic N) is 5. The van der Waals surface area contributed by atoms with Crippen molar-refractivity contribution in [1.29, 1.82) is 0 Å². The lowest BCUT2D eigenvalue weighted by atomic mass is 9.98. The predicted octanol–water partition coefficient (Wildman–Crippen LogP) is 3.53. The number of rotatable bonds is 3. The number of nitrogens with two attached hydrogens (primary N) is 1. The van der Waals surface area contributed by atoms with Crippen LogP contribution in [0.5, 0.6) is 0 Å². The summed E-state index contributed by atoms with van der Waals surface area (Å²) < 4.78 is 22.5. The minimum absolute atomic E-state index is 0.165. The summed E-state index contributed by atoms with van der Waals surface area (Å²) in [6.07, 6.45) is 2.42. The molecule has 1 aliphatic rings. The van der Waals surface area contributed by atoms with E-state index in [1.165, 1.54) is 25.5 Å². The number of halogens is 1. The van der Waals surface area contributed by atoms with Crippen LogP contribution < -0.4 is 11.1 Å². The van der Waals surface area contributed by atoms with Gasteiger partial charge in [0.25, 0.3) is 5.91 Å². The lowest BCUT2D eigenvalue weighted by Crippen LogP contribution is -2.49. The van der Waals surface area contributed by atoms with Gasteiger partial charge in [-0.1, -0.05) is 0 Å². The number of benzene rings is 1. The average Bonchev–Trinajstić information content (AvgIpc) is 3.18. The van der Waals surface area contributed by atoms with Gasteiger partial charge in [-0.15, -0.1) is 0 Å². The molecule has 0 spiro atoms. The summed E-state index contributed by atoms with van der Waals surface area (Å²) >= 11 is 0. The standard InChI is InChI=1S/C24H30FN7O3/c1-13-17(7-6-10-31(13)23(34)35-24(2,3)4)32-21-18(20(26)28-12-29-21)19(30-32)15-9-8-14(11-16(15)25)22(33)27-5/h8-9,11-13,17H,6-7,10H2,1-5H3,(H,27,33)(H2,26,28,29)/t13-,17?/m1/s1. The summed E-state index contributed by atoms with van der Waals surface area (Å²) in [7, 11) is 1.48. The van der Waals surface area contributed by atoms with Gasteiger partial charge >= 0.3 is 6.09 Å². The van der Waals surface area contributed by atoms with Gasteiger partial charge in [-0.2, -0.15) is 5.10 Å². The van der Waals surface area contributed by atoms with Crippen LogP contribution in [0.4, 0.5) is 15.0 Å². The second-order valence-corrected chi connectivity index (χ2v) is 9.65. The molecule has 0 aliphatic carbocycles. The van der Waals surface area contributed by atoms with Crippen LogP contribution in [0, 0.1) is 5.82 Å². The Morgan fingerprint density at radius 1 is 1.26 bits per heavy atom. The number of anilines is 1.